The van der Waals surface area contributed by atoms with Crippen molar-refractivity contribution < 1.29 is 19.1 Å². The Morgan fingerprint density at radius 2 is 1.90 bits per heavy atom. The number of nitrogens with zero attached hydrogens (tertiary/aromatic N) is 1. The maximum absolute atomic E-state index is 13.6. The van der Waals surface area contributed by atoms with Gasteiger partial charge in [-0.15, -0.1) is 0 Å². The highest BCUT2D eigenvalue weighted by Crippen LogP contribution is 2.23. The summed E-state index contributed by atoms with van der Waals surface area (Å²) in [5.74, 6) is -1.21. The minimum Gasteiger partial charge on any atom is -0.481 e. The Morgan fingerprint density at radius 1 is 1.25 bits per heavy atom. The van der Waals surface area contributed by atoms with E-state index in [0.29, 0.717) is 25.4 Å². The molecule has 1 aliphatic heterocycles. The number of benzene rings is 1. The lowest BCUT2D eigenvalue weighted by atomic mass is 9.92. The lowest BCUT2D eigenvalue weighted by Crippen LogP contribution is -2.38. The number of amides is 1. The van der Waals surface area contributed by atoms with Crippen molar-refractivity contribution in [3.8, 4) is 0 Å². The van der Waals surface area contributed by atoms with Crippen LogP contribution in [0.4, 0.5) is 4.39 Å². The lowest BCUT2D eigenvalue weighted by Gasteiger charge is -2.32. The molecule has 0 spiro atoms. The molecule has 108 valence electrons. The number of carboxylic acids is 1. The molecule has 1 aromatic rings. The van der Waals surface area contributed by atoms with Gasteiger partial charge in [-0.05, 0) is 37.3 Å². The van der Waals surface area contributed by atoms with Crippen LogP contribution in [0.15, 0.2) is 24.3 Å². The quantitative estimate of drug-likeness (QED) is 0.921. The molecule has 2 rings (SSSR count). The van der Waals surface area contributed by atoms with E-state index in [1.54, 1.807) is 17.0 Å². The number of carbonyl (C=O) groups is 2. The maximum atomic E-state index is 13.6. The molecule has 20 heavy (non-hydrogen) atoms. The number of likely N-dealkylation sites (tertiary alicyclic amines) is 1. The number of carboxylic acid groups (broad SMARTS) is 1. The van der Waals surface area contributed by atoms with Crippen molar-refractivity contribution in [3.05, 3.63) is 35.6 Å². The molecule has 0 saturated carbocycles. The molecular formula is C15H18FNO3. The molecule has 0 unspecified atom stereocenters. The maximum Gasteiger partial charge on any atom is 0.303 e. The summed E-state index contributed by atoms with van der Waals surface area (Å²) in [5.41, 5.74) is 0.108. The van der Waals surface area contributed by atoms with Crippen LogP contribution in [0.1, 0.15) is 36.0 Å². The summed E-state index contributed by atoms with van der Waals surface area (Å²) in [6, 6.07) is 5.99. The molecule has 1 N–H and O–H groups in total. The van der Waals surface area contributed by atoms with Crippen LogP contribution in [0.5, 0.6) is 0 Å². The van der Waals surface area contributed by atoms with Crippen LogP contribution < -0.4 is 0 Å². The molecule has 1 saturated heterocycles. The summed E-state index contributed by atoms with van der Waals surface area (Å²) in [4.78, 5) is 24.4. The van der Waals surface area contributed by atoms with Gasteiger partial charge in [-0.1, -0.05) is 12.1 Å². The standard InChI is InChI=1S/C15H18FNO3/c16-13-4-2-1-3-12(13)15(20)17-9-7-11(8-10-17)5-6-14(18)19/h1-4,11H,5-10H2,(H,18,19). The van der Waals surface area contributed by atoms with Gasteiger partial charge in [0, 0.05) is 19.5 Å². The summed E-state index contributed by atoms with van der Waals surface area (Å²) >= 11 is 0. The summed E-state index contributed by atoms with van der Waals surface area (Å²) < 4.78 is 13.6. The first kappa shape index (κ1) is 14.5. The lowest BCUT2D eigenvalue weighted by molar-refractivity contribution is -0.137. The highest BCUT2D eigenvalue weighted by atomic mass is 19.1. The van der Waals surface area contributed by atoms with Crippen molar-refractivity contribution in [2.45, 2.75) is 25.7 Å². The average Bonchev–Trinajstić information content (AvgIpc) is 2.45. The fraction of sp³-hybridized carbons (Fsp3) is 0.467. The molecule has 4 nitrogen and oxygen atoms in total. The second-order valence-corrected chi connectivity index (χ2v) is 5.15. The van der Waals surface area contributed by atoms with Crippen LogP contribution in [0.25, 0.3) is 0 Å². The molecule has 0 aliphatic carbocycles. The van der Waals surface area contributed by atoms with Gasteiger partial charge in [0.2, 0.25) is 0 Å². The third kappa shape index (κ3) is 3.56. The van der Waals surface area contributed by atoms with Gasteiger partial charge < -0.3 is 10.0 Å². The average molecular weight is 279 g/mol. The van der Waals surface area contributed by atoms with E-state index in [1.807, 2.05) is 0 Å². The number of hydrogen-bond acceptors (Lipinski definition) is 2. The molecule has 0 aromatic heterocycles. The van der Waals surface area contributed by atoms with Crippen LogP contribution >= 0.6 is 0 Å². The predicted molar refractivity (Wildman–Crippen MR) is 71.9 cm³/mol. The van der Waals surface area contributed by atoms with E-state index in [4.69, 9.17) is 5.11 Å². The first-order valence-corrected chi connectivity index (χ1v) is 6.83. The van der Waals surface area contributed by atoms with Gasteiger partial charge in [0.1, 0.15) is 5.82 Å². The Balaban J connectivity index is 1.89. The molecule has 1 amide bonds. The Morgan fingerprint density at radius 3 is 2.50 bits per heavy atom. The third-order valence-electron chi connectivity index (χ3n) is 3.77. The number of aliphatic carboxylic acids is 1. The topological polar surface area (TPSA) is 57.6 Å². The van der Waals surface area contributed by atoms with Crippen molar-refractivity contribution in [2.75, 3.05) is 13.1 Å². The van der Waals surface area contributed by atoms with Crippen molar-refractivity contribution in [2.24, 2.45) is 5.92 Å². The number of rotatable bonds is 4. The van der Waals surface area contributed by atoms with Gasteiger partial charge in [-0.3, -0.25) is 9.59 Å². The van der Waals surface area contributed by atoms with E-state index in [9.17, 15) is 14.0 Å². The van der Waals surface area contributed by atoms with Crippen molar-refractivity contribution in [3.63, 3.8) is 0 Å². The van der Waals surface area contributed by atoms with Crippen LogP contribution in [0.3, 0.4) is 0 Å². The number of halogens is 1. The minimum atomic E-state index is -0.783. The van der Waals surface area contributed by atoms with Gasteiger partial charge in [0.05, 0.1) is 5.56 Å². The molecular weight excluding hydrogens is 261 g/mol. The van der Waals surface area contributed by atoms with Crippen molar-refractivity contribution >= 4 is 11.9 Å². The molecule has 1 fully saturated rings. The number of piperidine rings is 1. The van der Waals surface area contributed by atoms with E-state index in [0.717, 1.165) is 12.8 Å². The summed E-state index contributed by atoms with van der Waals surface area (Å²) in [5, 5.41) is 8.66. The van der Waals surface area contributed by atoms with E-state index < -0.39 is 11.8 Å². The Kier molecular flexibility index (Phi) is 4.71. The first-order valence-electron chi connectivity index (χ1n) is 6.83. The largest absolute Gasteiger partial charge is 0.481 e. The van der Waals surface area contributed by atoms with E-state index in [2.05, 4.69) is 0 Å². The van der Waals surface area contributed by atoms with Gasteiger partial charge in [-0.25, -0.2) is 4.39 Å². The van der Waals surface area contributed by atoms with Gasteiger partial charge in [0.25, 0.3) is 5.91 Å². The fourth-order valence-electron chi connectivity index (χ4n) is 2.56. The Bertz CT molecular complexity index is 496. The van der Waals surface area contributed by atoms with Crippen LogP contribution in [0.2, 0.25) is 0 Å². The second-order valence-electron chi connectivity index (χ2n) is 5.15. The summed E-state index contributed by atoms with van der Waals surface area (Å²) in [6.07, 6.45) is 2.39. The Labute approximate surface area is 117 Å². The van der Waals surface area contributed by atoms with Gasteiger partial charge in [0.15, 0.2) is 0 Å². The second kappa shape index (κ2) is 6.50. The minimum absolute atomic E-state index is 0.108. The summed E-state index contributed by atoms with van der Waals surface area (Å²) in [6.45, 7) is 1.13. The number of carbonyl (C=O) groups excluding carboxylic acids is 1. The molecule has 1 aromatic carbocycles. The zero-order valence-corrected chi connectivity index (χ0v) is 11.2. The molecule has 0 radical (unpaired) electrons. The van der Waals surface area contributed by atoms with Gasteiger partial charge in [-0.2, -0.15) is 0 Å². The third-order valence-corrected chi connectivity index (χ3v) is 3.77. The first-order chi connectivity index (χ1) is 9.58. The van der Waals surface area contributed by atoms with Crippen LogP contribution in [0, 0.1) is 11.7 Å². The van der Waals surface area contributed by atoms with E-state index in [-0.39, 0.29) is 17.9 Å². The van der Waals surface area contributed by atoms with Crippen molar-refractivity contribution in [1.82, 2.24) is 4.90 Å². The monoisotopic (exact) mass is 279 g/mol. The molecule has 1 aliphatic rings. The molecule has 1 heterocycles. The molecule has 0 bridgehead atoms. The highest BCUT2D eigenvalue weighted by molar-refractivity contribution is 5.94. The van der Waals surface area contributed by atoms with E-state index >= 15 is 0 Å². The van der Waals surface area contributed by atoms with Crippen molar-refractivity contribution in [1.29, 1.82) is 0 Å². The Hall–Kier alpha value is -1.91. The highest BCUT2D eigenvalue weighted by Gasteiger charge is 2.25. The predicted octanol–water partition coefficient (Wildman–Crippen LogP) is 2.54. The van der Waals surface area contributed by atoms with Gasteiger partial charge >= 0.3 is 5.97 Å². The smallest absolute Gasteiger partial charge is 0.303 e. The SMILES string of the molecule is O=C(O)CCC1CCN(C(=O)c2ccccc2F)CC1. The number of hydrogen-bond donors (Lipinski definition) is 1. The normalized spacial score (nSPS) is 16.1. The van der Waals surface area contributed by atoms with E-state index in [1.165, 1.54) is 12.1 Å². The summed E-state index contributed by atoms with van der Waals surface area (Å²) in [7, 11) is 0. The molecule has 0 atom stereocenters. The van der Waals surface area contributed by atoms with Crippen LogP contribution in [-0.4, -0.2) is 35.0 Å². The molecule has 5 heteroatoms. The van der Waals surface area contributed by atoms with Crippen LogP contribution in [-0.2, 0) is 4.79 Å². The zero-order chi connectivity index (χ0) is 14.5. The fourth-order valence-corrected chi connectivity index (χ4v) is 2.56. The zero-order valence-electron chi connectivity index (χ0n) is 11.2.